The summed E-state index contributed by atoms with van der Waals surface area (Å²) in [4.78, 5) is 4.05. The Balaban J connectivity index is 1.69. The Morgan fingerprint density at radius 3 is 3.29 bits per heavy atom. The van der Waals surface area contributed by atoms with Crippen LogP contribution in [0, 0.1) is 0 Å². The Kier molecular flexibility index (Phi) is 2.80. The second kappa shape index (κ2) is 4.60. The second-order valence-electron chi connectivity index (χ2n) is 3.69. The van der Waals surface area contributed by atoms with Crippen molar-refractivity contribution in [3.05, 3.63) is 12.4 Å². The Labute approximate surface area is 96.9 Å². The molecule has 1 unspecified atom stereocenters. The summed E-state index contributed by atoms with van der Waals surface area (Å²) < 4.78 is 12.4. The van der Waals surface area contributed by atoms with E-state index in [1.807, 2.05) is 0 Å². The van der Waals surface area contributed by atoms with Gasteiger partial charge in [-0.2, -0.15) is 4.52 Å². The molecular formula is C9H12N6O2. The Morgan fingerprint density at radius 1 is 1.41 bits per heavy atom. The van der Waals surface area contributed by atoms with E-state index in [1.54, 1.807) is 16.9 Å². The number of hydrogen-bond acceptors (Lipinski definition) is 7. The maximum Gasteiger partial charge on any atom is 0.199 e. The molecule has 8 heteroatoms. The normalized spacial score (nSPS) is 20.6. The van der Waals surface area contributed by atoms with Gasteiger partial charge >= 0.3 is 0 Å². The van der Waals surface area contributed by atoms with E-state index in [4.69, 9.17) is 9.47 Å². The summed E-state index contributed by atoms with van der Waals surface area (Å²) in [6.45, 7) is 2.55. The van der Waals surface area contributed by atoms with Gasteiger partial charge in [0.05, 0.1) is 38.3 Å². The molecule has 1 saturated heterocycles. The van der Waals surface area contributed by atoms with Gasteiger partial charge in [-0.1, -0.05) is 0 Å². The smallest absolute Gasteiger partial charge is 0.199 e. The van der Waals surface area contributed by atoms with Crippen LogP contribution in [0.1, 0.15) is 0 Å². The number of nitrogens with one attached hydrogen (secondary N) is 1. The molecule has 3 rings (SSSR count). The predicted molar refractivity (Wildman–Crippen MR) is 57.6 cm³/mol. The molecule has 8 nitrogen and oxygen atoms in total. The van der Waals surface area contributed by atoms with Crippen molar-refractivity contribution in [2.45, 2.75) is 6.10 Å². The van der Waals surface area contributed by atoms with E-state index < -0.39 is 0 Å². The van der Waals surface area contributed by atoms with Gasteiger partial charge in [-0.15, -0.1) is 5.10 Å². The molecule has 0 amide bonds. The molecule has 0 aromatic carbocycles. The van der Waals surface area contributed by atoms with Crippen molar-refractivity contribution in [1.29, 1.82) is 0 Å². The van der Waals surface area contributed by atoms with Gasteiger partial charge < -0.3 is 14.8 Å². The van der Waals surface area contributed by atoms with Crippen molar-refractivity contribution in [2.24, 2.45) is 0 Å². The number of anilines is 1. The van der Waals surface area contributed by atoms with Gasteiger partial charge in [0.15, 0.2) is 11.5 Å². The molecule has 90 valence electrons. The quantitative estimate of drug-likeness (QED) is 0.757. The highest BCUT2D eigenvalue weighted by Gasteiger charge is 2.14. The molecule has 1 atom stereocenters. The molecular weight excluding hydrogens is 224 g/mol. The summed E-state index contributed by atoms with van der Waals surface area (Å²) in [5.41, 5.74) is 0.607. The van der Waals surface area contributed by atoms with E-state index in [2.05, 4.69) is 25.8 Å². The molecule has 0 spiro atoms. The third-order valence-corrected chi connectivity index (χ3v) is 2.50. The van der Waals surface area contributed by atoms with E-state index in [9.17, 15) is 0 Å². The molecule has 1 aliphatic rings. The minimum Gasteiger partial charge on any atom is -0.376 e. The van der Waals surface area contributed by atoms with Crippen LogP contribution in [-0.2, 0) is 9.47 Å². The van der Waals surface area contributed by atoms with Crippen molar-refractivity contribution in [3.63, 3.8) is 0 Å². The van der Waals surface area contributed by atoms with E-state index in [1.165, 1.54) is 0 Å². The van der Waals surface area contributed by atoms with Gasteiger partial charge in [0.25, 0.3) is 0 Å². The van der Waals surface area contributed by atoms with Crippen LogP contribution in [-0.4, -0.2) is 57.5 Å². The van der Waals surface area contributed by atoms with Gasteiger partial charge in [0.1, 0.15) is 0 Å². The maximum absolute atomic E-state index is 5.52. The van der Waals surface area contributed by atoms with Crippen molar-refractivity contribution in [2.75, 3.05) is 31.7 Å². The molecule has 0 bridgehead atoms. The molecule has 1 aliphatic heterocycles. The van der Waals surface area contributed by atoms with Gasteiger partial charge in [-0.25, -0.2) is 0 Å². The van der Waals surface area contributed by atoms with Crippen LogP contribution >= 0.6 is 0 Å². The Hall–Kier alpha value is -1.80. The van der Waals surface area contributed by atoms with Crippen molar-refractivity contribution in [1.82, 2.24) is 25.0 Å². The van der Waals surface area contributed by atoms with E-state index in [0.29, 0.717) is 32.0 Å². The fourth-order valence-electron chi connectivity index (χ4n) is 1.67. The third kappa shape index (κ3) is 2.17. The number of ether oxygens (including phenoxy) is 2. The van der Waals surface area contributed by atoms with Crippen molar-refractivity contribution < 1.29 is 9.47 Å². The zero-order valence-corrected chi connectivity index (χ0v) is 9.11. The second-order valence-corrected chi connectivity index (χ2v) is 3.69. The maximum atomic E-state index is 5.52. The van der Waals surface area contributed by atoms with Crippen molar-refractivity contribution >= 4 is 11.5 Å². The third-order valence-electron chi connectivity index (χ3n) is 2.50. The summed E-state index contributed by atoms with van der Waals surface area (Å²) in [6.07, 6.45) is 3.33. The zero-order valence-electron chi connectivity index (χ0n) is 9.11. The summed E-state index contributed by atoms with van der Waals surface area (Å²) >= 11 is 0. The molecule has 3 heterocycles. The van der Waals surface area contributed by atoms with Crippen LogP contribution in [0.3, 0.4) is 0 Å². The SMILES string of the molecule is c1ncc2nnnn2c1NCC1COCCO1. The minimum atomic E-state index is 0.0514. The largest absolute Gasteiger partial charge is 0.376 e. The van der Waals surface area contributed by atoms with E-state index >= 15 is 0 Å². The van der Waals surface area contributed by atoms with Gasteiger partial charge in [-0.05, 0) is 10.4 Å². The molecule has 0 saturated carbocycles. The van der Waals surface area contributed by atoms with Crippen LogP contribution in [0.15, 0.2) is 12.4 Å². The molecule has 0 aliphatic carbocycles. The van der Waals surface area contributed by atoms with Crippen LogP contribution in [0.2, 0.25) is 0 Å². The molecule has 2 aromatic heterocycles. The lowest BCUT2D eigenvalue weighted by molar-refractivity contribution is -0.0819. The first-order valence-corrected chi connectivity index (χ1v) is 5.39. The fourth-order valence-corrected chi connectivity index (χ4v) is 1.67. The zero-order chi connectivity index (χ0) is 11.5. The summed E-state index contributed by atoms with van der Waals surface area (Å²) in [5, 5.41) is 14.5. The molecule has 17 heavy (non-hydrogen) atoms. The van der Waals surface area contributed by atoms with E-state index in [0.717, 1.165) is 5.82 Å². The van der Waals surface area contributed by atoms with Crippen LogP contribution in [0.4, 0.5) is 5.82 Å². The Morgan fingerprint density at radius 2 is 2.41 bits per heavy atom. The van der Waals surface area contributed by atoms with Crippen LogP contribution in [0.25, 0.3) is 5.65 Å². The number of hydrogen-bond donors (Lipinski definition) is 1. The minimum absolute atomic E-state index is 0.0514. The number of tetrazole rings is 1. The number of fused-ring (bicyclic) bond motifs is 1. The number of rotatable bonds is 3. The fraction of sp³-hybridized carbons (Fsp3) is 0.556. The first kappa shape index (κ1) is 10.4. The van der Waals surface area contributed by atoms with Gasteiger partial charge in [-0.3, -0.25) is 4.98 Å². The van der Waals surface area contributed by atoms with Crippen LogP contribution in [0.5, 0.6) is 0 Å². The summed E-state index contributed by atoms with van der Waals surface area (Å²) in [5.74, 6) is 0.738. The first-order chi connectivity index (χ1) is 8.43. The lowest BCUT2D eigenvalue weighted by Gasteiger charge is -2.23. The highest BCUT2D eigenvalue weighted by molar-refractivity contribution is 5.43. The Bertz CT molecular complexity index is 495. The molecule has 1 N–H and O–H groups in total. The van der Waals surface area contributed by atoms with E-state index in [-0.39, 0.29) is 6.10 Å². The molecule has 1 fully saturated rings. The monoisotopic (exact) mass is 236 g/mol. The lowest BCUT2D eigenvalue weighted by atomic mass is 10.3. The number of nitrogens with zero attached hydrogens (tertiary/aromatic N) is 5. The first-order valence-electron chi connectivity index (χ1n) is 5.39. The lowest BCUT2D eigenvalue weighted by Crippen LogP contribution is -2.34. The van der Waals surface area contributed by atoms with Gasteiger partial charge in [0, 0.05) is 6.54 Å². The highest BCUT2D eigenvalue weighted by atomic mass is 16.6. The average molecular weight is 236 g/mol. The molecule has 0 radical (unpaired) electrons. The summed E-state index contributed by atoms with van der Waals surface area (Å²) in [6, 6.07) is 0. The predicted octanol–water partition coefficient (Wildman–Crippen LogP) is -0.653. The average Bonchev–Trinajstić information content (AvgIpc) is 2.86. The molecule has 2 aromatic rings. The summed E-state index contributed by atoms with van der Waals surface area (Å²) in [7, 11) is 0. The van der Waals surface area contributed by atoms with Crippen molar-refractivity contribution in [3.8, 4) is 0 Å². The van der Waals surface area contributed by atoms with Crippen LogP contribution < -0.4 is 5.32 Å². The van der Waals surface area contributed by atoms with Gasteiger partial charge in [0.2, 0.25) is 0 Å². The topological polar surface area (TPSA) is 86.5 Å². The standard InChI is InChI=1S/C9H12N6O2/c1-2-17-7(6-16-1)3-11-8-4-10-5-9-12-13-14-15(8)9/h4-5,7,11H,1-3,6H2. The highest BCUT2D eigenvalue weighted by Crippen LogP contribution is 2.07. The number of aromatic nitrogens is 5.